The van der Waals surface area contributed by atoms with E-state index in [9.17, 15) is 0 Å². The van der Waals surface area contributed by atoms with Gasteiger partial charge in [-0.1, -0.05) is 11.6 Å². The second-order valence-corrected chi connectivity index (χ2v) is 5.32. The van der Waals surface area contributed by atoms with Crippen LogP contribution in [0, 0.1) is 6.92 Å². The molecule has 1 saturated heterocycles. The van der Waals surface area contributed by atoms with E-state index in [4.69, 9.17) is 15.7 Å². The molecule has 7 heteroatoms. The van der Waals surface area contributed by atoms with Crippen molar-refractivity contribution in [2.24, 2.45) is 17.9 Å². The number of hydrogen-bond acceptors (Lipinski definition) is 5. The van der Waals surface area contributed by atoms with Crippen LogP contribution >= 0.6 is 0 Å². The number of aromatic nitrogens is 2. The van der Waals surface area contributed by atoms with Gasteiger partial charge in [-0.25, -0.2) is 4.68 Å². The van der Waals surface area contributed by atoms with Gasteiger partial charge in [-0.2, -0.15) is 5.10 Å². The standard InChI is InChI=1S/C13H23N5O2/c1-9-11(12(14)16-19)13(18(3)15-9)20-8-10-6-4-5-7-17(10)2/h10,19H,4-8H2,1-3H3,(H2,14,16). The number of piperidine rings is 1. The van der Waals surface area contributed by atoms with Gasteiger partial charge in [-0.3, -0.25) is 0 Å². The van der Waals surface area contributed by atoms with Crippen molar-refractivity contribution in [2.75, 3.05) is 20.2 Å². The molecule has 0 aromatic carbocycles. The number of ether oxygens (including phenoxy) is 1. The molecule has 1 aliphatic rings. The van der Waals surface area contributed by atoms with Gasteiger partial charge in [0.1, 0.15) is 12.2 Å². The maximum atomic E-state index is 8.87. The Morgan fingerprint density at radius 2 is 2.25 bits per heavy atom. The third-order valence-electron chi connectivity index (χ3n) is 3.87. The molecular weight excluding hydrogens is 258 g/mol. The predicted octanol–water partition coefficient (Wildman–Crippen LogP) is 0.686. The van der Waals surface area contributed by atoms with Gasteiger partial charge < -0.3 is 20.6 Å². The molecule has 1 aromatic heterocycles. The number of likely N-dealkylation sites (tertiary alicyclic amines) is 1. The number of hydrogen-bond donors (Lipinski definition) is 2. The van der Waals surface area contributed by atoms with Crippen LogP contribution in [0.3, 0.4) is 0 Å². The van der Waals surface area contributed by atoms with E-state index in [-0.39, 0.29) is 5.84 Å². The summed E-state index contributed by atoms with van der Waals surface area (Å²) < 4.78 is 7.54. The molecule has 7 nitrogen and oxygen atoms in total. The monoisotopic (exact) mass is 281 g/mol. The Morgan fingerprint density at radius 1 is 1.50 bits per heavy atom. The predicted molar refractivity (Wildman–Crippen MR) is 76.2 cm³/mol. The summed E-state index contributed by atoms with van der Waals surface area (Å²) in [6.45, 7) is 3.50. The minimum Gasteiger partial charge on any atom is -0.476 e. The van der Waals surface area contributed by atoms with Gasteiger partial charge in [-0.15, -0.1) is 0 Å². The van der Waals surface area contributed by atoms with Crippen molar-refractivity contribution in [3.8, 4) is 5.88 Å². The van der Waals surface area contributed by atoms with Crippen molar-refractivity contribution in [3.63, 3.8) is 0 Å². The lowest BCUT2D eigenvalue weighted by atomic mass is 10.0. The van der Waals surface area contributed by atoms with Crippen molar-refractivity contribution in [3.05, 3.63) is 11.3 Å². The molecule has 2 rings (SSSR count). The number of rotatable bonds is 4. The first-order valence-electron chi connectivity index (χ1n) is 6.89. The SMILES string of the molecule is Cc1nn(C)c(OCC2CCCCN2C)c1C(N)=NO. The molecule has 112 valence electrons. The minimum atomic E-state index is 0.0302. The van der Waals surface area contributed by atoms with Crippen LogP contribution in [-0.2, 0) is 7.05 Å². The maximum absolute atomic E-state index is 8.87. The van der Waals surface area contributed by atoms with Gasteiger partial charge in [0.25, 0.3) is 0 Å². The molecule has 0 amide bonds. The molecular formula is C13H23N5O2. The van der Waals surface area contributed by atoms with Crippen molar-refractivity contribution >= 4 is 5.84 Å². The Balaban J connectivity index is 2.13. The van der Waals surface area contributed by atoms with Crippen LogP contribution in [0.4, 0.5) is 0 Å². The number of likely N-dealkylation sites (N-methyl/N-ethyl adjacent to an activating group) is 1. The highest BCUT2D eigenvalue weighted by atomic mass is 16.5. The fourth-order valence-corrected chi connectivity index (χ4v) is 2.68. The summed E-state index contributed by atoms with van der Waals surface area (Å²) in [6.07, 6.45) is 3.61. The molecule has 1 unspecified atom stereocenters. The lowest BCUT2D eigenvalue weighted by Crippen LogP contribution is -2.40. The normalized spacial score (nSPS) is 21.1. The molecule has 1 fully saturated rings. The molecule has 3 N–H and O–H groups in total. The Hall–Kier alpha value is -1.76. The minimum absolute atomic E-state index is 0.0302. The average molecular weight is 281 g/mol. The van der Waals surface area contributed by atoms with Crippen LogP contribution in [0.25, 0.3) is 0 Å². The zero-order valence-corrected chi connectivity index (χ0v) is 12.3. The Kier molecular flexibility index (Phi) is 4.49. The lowest BCUT2D eigenvalue weighted by Gasteiger charge is -2.32. The summed E-state index contributed by atoms with van der Waals surface area (Å²) >= 11 is 0. The molecule has 1 aliphatic heterocycles. The fourth-order valence-electron chi connectivity index (χ4n) is 2.68. The van der Waals surface area contributed by atoms with E-state index in [2.05, 4.69) is 22.2 Å². The first kappa shape index (κ1) is 14.6. The van der Waals surface area contributed by atoms with Gasteiger partial charge in [0.05, 0.1) is 5.69 Å². The van der Waals surface area contributed by atoms with Crippen LogP contribution in [0.5, 0.6) is 5.88 Å². The average Bonchev–Trinajstić information content (AvgIpc) is 2.71. The Morgan fingerprint density at radius 3 is 2.90 bits per heavy atom. The van der Waals surface area contributed by atoms with E-state index in [0.29, 0.717) is 29.8 Å². The van der Waals surface area contributed by atoms with Gasteiger partial charge in [0.2, 0.25) is 5.88 Å². The quantitative estimate of drug-likeness (QED) is 0.367. The smallest absolute Gasteiger partial charge is 0.223 e. The molecule has 1 atom stereocenters. The molecule has 0 bridgehead atoms. The maximum Gasteiger partial charge on any atom is 0.223 e. The van der Waals surface area contributed by atoms with Crippen molar-refractivity contribution in [1.82, 2.24) is 14.7 Å². The van der Waals surface area contributed by atoms with Gasteiger partial charge in [0, 0.05) is 13.1 Å². The summed E-state index contributed by atoms with van der Waals surface area (Å²) in [5, 5.41) is 16.2. The van der Waals surface area contributed by atoms with Crippen LogP contribution < -0.4 is 10.5 Å². The summed E-state index contributed by atoms with van der Waals surface area (Å²) in [5.41, 5.74) is 6.95. The fraction of sp³-hybridized carbons (Fsp3) is 0.692. The number of aryl methyl sites for hydroxylation is 2. The zero-order chi connectivity index (χ0) is 14.7. The molecule has 0 aliphatic carbocycles. The summed E-state index contributed by atoms with van der Waals surface area (Å²) in [4.78, 5) is 2.32. The first-order valence-corrected chi connectivity index (χ1v) is 6.89. The van der Waals surface area contributed by atoms with Crippen molar-refractivity contribution in [1.29, 1.82) is 0 Å². The third-order valence-corrected chi connectivity index (χ3v) is 3.87. The van der Waals surface area contributed by atoms with E-state index in [1.54, 1.807) is 11.7 Å². The zero-order valence-electron chi connectivity index (χ0n) is 12.3. The largest absolute Gasteiger partial charge is 0.476 e. The number of nitrogens with two attached hydrogens (primary N) is 1. The Bertz CT molecular complexity index is 497. The molecule has 0 saturated carbocycles. The highest BCUT2D eigenvalue weighted by Gasteiger charge is 2.23. The van der Waals surface area contributed by atoms with Crippen molar-refractivity contribution in [2.45, 2.75) is 32.2 Å². The Labute approximate surface area is 119 Å². The van der Waals surface area contributed by atoms with Gasteiger partial charge in [-0.05, 0) is 33.4 Å². The lowest BCUT2D eigenvalue weighted by molar-refractivity contribution is 0.120. The van der Waals surface area contributed by atoms with Crippen LogP contribution in [0.15, 0.2) is 5.16 Å². The summed E-state index contributed by atoms with van der Waals surface area (Å²) in [5.74, 6) is 0.583. The molecule has 20 heavy (non-hydrogen) atoms. The number of nitrogens with zero attached hydrogens (tertiary/aromatic N) is 4. The van der Waals surface area contributed by atoms with E-state index in [1.807, 2.05) is 6.92 Å². The number of amidine groups is 1. The van der Waals surface area contributed by atoms with E-state index < -0.39 is 0 Å². The van der Waals surface area contributed by atoms with E-state index in [1.165, 1.54) is 12.8 Å². The second-order valence-electron chi connectivity index (χ2n) is 5.32. The van der Waals surface area contributed by atoms with Crippen LogP contribution in [-0.4, -0.2) is 52.0 Å². The highest BCUT2D eigenvalue weighted by Crippen LogP contribution is 2.23. The van der Waals surface area contributed by atoms with Gasteiger partial charge in [0.15, 0.2) is 5.84 Å². The van der Waals surface area contributed by atoms with Crippen molar-refractivity contribution < 1.29 is 9.94 Å². The topological polar surface area (TPSA) is 88.9 Å². The molecule has 1 aromatic rings. The van der Waals surface area contributed by atoms with Crippen LogP contribution in [0.2, 0.25) is 0 Å². The summed E-state index contributed by atoms with van der Waals surface area (Å²) in [6, 6.07) is 0.402. The highest BCUT2D eigenvalue weighted by molar-refractivity contribution is 6.00. The van der Waals surface area contributed by atoms with Crippen LogP contribution in [0.1, 0.15) is 30.5 Å². The molecule has 2 heterocycles. The van der Waals surface area contributed by atoms with Gasteiger partial charge >= 0.3 is 0 Å². The third kappa shape index (κ3) is 2.87. The summed E-state index contributed by atoms with van der Waals surface area (Å²) in [7, 11) is 3.91. The number of oxime groups is 1. The second kappa shape index (κ2) is 6.13. The van der Waals surface area contributed by atoms with E-state index >= 15 is 0 Å². The first-order chi connectivity index (χ1) is 9.54. The molecule has 0 radical (unpaired) electrons. The van der Waals surface area contributed by atoms with E-state index in [0.717, 1.165) is 13.0 Å². The molecule has 0 spiro atoms.